The summed E-state index contributed by atoms with van der Waals surface area (Å²) in [5.41, 5.74) is 1.47. The van der Waals surface area contributed by atoms with Crippen LogP contribution in [0.3, 0.4) is 0 Å². The van der Waals surface area contributed by atoms with Gasteiger partial charge in [0.1, 0.15) is 5.75 Å². The molecular weight excluding hydrogens is 312 g/mol. The van der Waals surface area contributed by atoms with Crippen LogP contribution in [0.2, 0.25) is 5.02 Å². The molecule has 0 aromatic heterocycles. The van der Waals surface area contributed by atoms with E-state index in [0.717, 1.165) is 13.1 Å². The fourth-order valence-electron chi connectivity index (χ4n) is 2.97. The Morgan fingerprint density at radius 3 is 2.57 bits per heavy atom. The van der Waals surface area contributed by atoms with Gasteiger partial charge in [0.15, 0.2) is 0 Å². The van der Waals surface area contributed by atoms with Gasteiger partial charge < -0.3 is 14.9 Å². The van der Waals surface area contributed by atoms with Crippen LogP contribution in [0.4, 0.5) is 5.69 Å². The van der Waals surface area contributed by atoms with Crippen molar-refractivity contribution in [2.75, 3.05) is 24.5 Å². The lowest BCUT2D eigenvalue weighted by Gasteiger charge is -2.41. The Morgan fingerprint density at radius 2 is 1.91 bits per heavy atom. The van der Waals surface area contributed by atoms with Crippen LogP contribution in [-0.4, -0.2) is 41.6 Å². The summed E-state index contributed by atoms with van der Waals surface area (Å²) in [5.74, 6) is -0.223. The highest BCUT2D eigenvalue weighted by Crippen LogP contribution is 2.26. The number of aromatic hydroxyl groups is 1. The van der Waals surface area contributed by atoms with Gasteiger partial charge >= 0.3 is 0 Å². The highest BCUT2D eigenvalue weighted by Gasteiger charge is 2.29. The number of phenolic OH excluding ortho intramolecular Hbond substituents is 1. The summed E-state index contributed by atoms with van der Waals surface area (Å²) in [5, 5.41) is 10.4. The second-order valence-corrected chi connectivity index (χ2v) is 6.23. The van der Waals surface area contributed by atoms with Gasteiger partial charge in [-0.15, -0.1) is 0 Å². The summed E-state index contributed by atoms with van der Waals surface area (Å²) in [7, 11) is 0. The van der Waals surface area contributed by atoms with E-state index in [2.05, 4.69) is 17.0 Å². The highest BCUT2D eigenvalue weighted by atomic mass is 35.5. The van der Waals surface area contributed by atoms with Crippen LogP contribution in [-0.2, 0) is 0 Å². The average Bonchev–Trinajstić information content (AvgIpc) is 2.55. The molecule has 0 bridgehead atoms. The largest absolute Gasteiger partial charge is 0.507 e. The molecule has 23 heavy (non-hydrogen) atoms. The van der Waals surface area contributed by atoms with Crippen LogP contribution in [0.25, 0.3) is 0 Å². The summed E-state index contributed by atoms with van der Waals surface area (Å²) in [6.45, 7) is 4.19. The van der Waals surface area contributed by atoms with Crippen LogP contribution in [0.15, 0.2) is 48.5 Å². The number of nitrogens with zero attached hydrogens (tertiary/aromatic N) is 2. The zero-order valence-electron chi connectivity index (χ0n) is 12.9. The SMILES string of the molecule is CC1CN(c2ccccc2)CCN1C(=O)c1ccc(Cl)cc1O. The van der Waals surface area contributed by atoms with Crippen LogP contribution in [0.1, 0.15) is 17.3 Å². The molecule has 1 aliphatic heterocycles. The van der Waals surface area contributed by atoms with Gasteiger partial charge in [0, 0.05) is 36.4 Å². The van der Waals surface area contributed by atoms with Crippen molar-refractivity contribution in [3.05, 3.63) is 59.1 Å². The molecule has 1 aliphatic rings. The molecule has 1 saturated heterocycles. The van der Waals surface area contributed by atoms with Crippen molar-refractivity contribution in [2.45, 2.75) is 13.0 Å². The van der Waals surface area contributed by atoms with Gasteiger partial charge in [-0.25, -0.2) is 0 Å². The van der Waals surface area contributed by atoms with Gasteiger partial charge in [-0.3, -0.25) is 4.79 Å². The quantitative estimate of drug-likeness (QED) is 0.917. The molecule has 1 heterocycles. The van der Waals surface area contributed by atoms with Gasteiger partial charge in [-0.1, -0.05) is 29.8 Å². The third-order valence-electron chi connectivity index (χ3n) is 4.20. The molecule has 0 radical (unpaired) electrons. The number of hydrogen-bond donors (Lipinski definition) is 1. The van der Waals surface area contributed by atoms with Gasteiger partial charge in [0.25, 0.3) is 5.91 Å². The Labute approximate surface area is 140 Å². The zero-order chi connectivity index (χ0) is 16.4. The molecule has 1 amide bonds. The Balaban J connectivity index is 1.74. The third-order valence-corrected chi connectivity index (χ3v) is 4.43. The van der Waals surface area contributed by atoms with Crippen molar-refractivity contribution in [1.29, 1.82) is 0 Å². The number of hydrogen-bond acceptors (Lipinski definition) is 3. The summed E-state index contributed by atoms with van der Waals surface area (Å²) in [6, 6.07) is 14.9. The predicted octanol–water partition coefficient (Wildman–Crippen LogP) is 3.40. The lowest BCUT2D eigenvalue weighted by molar-refractivity contribution is 0.0671. The number of para-hydroxylation sites is 1. The number of carbonyl (C=O) groups is 1. The first kappa shape index (κ1) is 15.7. The standard InChI is InChI=1S/C18H19ClN2O2/c1-13-12-20(15-5-3-2-4-6-15)9-10-21(13)18(23)16-8-7-14(19)11-17(16)22/h2-8,11,13,22H,9-10,12H2,1H3. The molecule has 0 spiro atoms. The normalized spacial score (nSPS) is 18.1. The van der Waals surface area contributed by atoms with Crippen molar-refractivity contribution in [1.82, 2.24) is 4.90 Å². The Hall–Kier alpha value is -2.20. The minimum absolute atomic E-state index is 0.0616. The third kappa shape index (κ3) is 3.27. The molecule has 1 fully saturated rings. The highest BCUT2D eigenvalue weighted by molar-refractivity contribution is 6.30. The molecule has 4 nitrogen and oxygen atoms in total. The van der Waals surface area contributed by atoms with Gasteiger partial charge in [-0.2, -0.15) is 0 Å². The molecule has 0 aliphatic carbocycles. The summed E-state index contributed by atoms with van der Waals surface area (Å²) < 4.78 is 0. The lowest BCUT2D eigenvalue weighted by Crippen LogP contribution is -2.54. The molecule has 120 valence electrons. The molecule has 2 aromatic rings. The fraction of sp³-hybridized carbons (Fsp3) is 0.278. The van der Waals surface area contributed by atoms with Gasteiger partial charge in [0.05, 0.1) is 5.56 Å². The molecule has 1 N–H and O–H groups in total. The zero-order valence-corrected chi connectivity index (χ0v) is 13.7. The van der Waals surface area contributed by atoms with E-state index in [1.807, 2.05) is 30.0 Å². The van der Waals surface area contributed by atoms with Crippen molar-refractivity contribution in [2.24, 2.45) is 0 Å². The molecule has 1 unspecified atom stereocenters. The lowest BCUT2D eigenvalue weighted by atomic mass is 10.1. The average molecular weight is 331 g/mol. The van der Waals surface area contributed by atoms with Gasteiger partial charge in [0.2, 0.25) is 0 Å². The summed E-state index contributed by atoms with van der Waals surface area (Å²) in [6.07, 6.45) is 0. The molecule has 1 atom stereocenters. The van der Waals surface area contributed by atoms with E-state index >= 15 is 0 Å². The minimum atomic E-state index is -0.153. The van der Waals surface area contributed by atoms with E-state index in [1.165, 1.54) is 11.8 Å². The first-order chi connectivity index (χ1) is 11.1. The smallest absolute Gasteiger partial charge is 0.257 e. The molecule has 2 aromatic carbocycles. The predicted molar refractivity (Wildman–Crippen MR) is 92.3 cm³/mol. The maximum Gasteiger partial charge on any atom is 0.257 e. The second-order valence-electron chi connectivity index (χ2n) is 5.79. The van der Waals surface area contributed by atoms with Crippen LogP contribution >= 0.6 is 11.6 Å². The minimum Gasteiger partial charge on any atom is -0.507 e. The fourth-order valence-corrected chi connectivity index (χ4v) is 3.14. The molecule has 5 heteroatoms. The summed E-state index contributed by atoms with van der Waals surface area (Å²) >= 11 is 5.83. The second kappa shape index (κ2) is 6.50. The van der Waals surface area contributed by atoms with Crippen molar-refractivity contribution in [3.8, 4) is 5.75 Å². The van der Waals surface area contributed by atoms with Crippen molar-refractivity contribution >= 4 is 23.2 Å². The maximum absolute atomic E-state index is 12.7. The van der Waals surface area contributed by atoms with E-state index < -0.39 is 0 Å². The van der Waals surface area contributed by atoms with Crippen LogP contribution < -0.4 is 4.90 Å². The van der Waals surface area contributed by atoms with Crippen LogP contribution in [0.5, 0.6) is 5.75 Å². The van der Waals surface area contributed by atoms with E-state index in [0.29, 0.717) is 17.1 Å². The first-order valence-electron chi connectivity index (χ1n) is 7.66. The topological polar surface area (TPSA) is 43.8 Å². The number of benzene rings is 2. The number of amides is 1. The van der Waals surface area contributed by atoms with Crippen molar-refractivity contribution in [3.63, 3.8) is 0 Å². The first-order valence-corrected chi connectivity index (χ1v) is 8.03. The Bertz CT molecular complexity index is 705. The van der Waals surface area contributed by atoms with E-state index in [1.54, 1.807) is 12.1 Å². The van der Waals surface area contributed by atoms with E-state index in [-0.39, 0.29) is 17.7 Å². The summed E-state index contributed by atoms with van der Waals surface area (Å²) in [4.78, 5) is 16.8. The van der Waals surface area contributed by atoms with Crippen molar-refractivity contribution < 1.29 is 9.90 Å². The Kier molecular flexibility index (Phi) is 4.44. The molecular formula is C18H19ClN2O2. The van der Waals surface area contributed by atoms with E-state index in [4.69, 9.17) is 11.6 Å². The Morgan fingerprint density at radius 1 is 1.17 bits per heavy atom. The van der Waals surface area contributed by atoms with E-state index in [9.17, 15) is 9.90 Å². The number of rotatable bonds is 2. The van der Waals surface area contributed by atoms with Gasteiger partial charge in [-0.05, 0) is 37.3 Å². The number of anilines is 1. The van der Waals surface area contributed by atoms with Crippen LogP contribution in [0, 0.1) is 0 Å². The maximum atomic E-state index is 12.7. The molecule has 3 rings (SSSR count). The number of piperazine rings is 1. The molecule has 0 saturated carbocycles. The number of phenols is 1. The number of halogens is 1. The number of carbonyl (C=O) groups excluding carboxylic acids is 1. The monoisotopic (exact) mass is 330 g/mol.